The van der Waals surface area contributed by atoms with Crippen LogP contribution in [0.2, 0.25) is 0 Å². The Bertz CT molecular complexity index is 312. The standard InChI is InChI=1S/C17H29NO/c1-2-11-18-17(13-15-10-12-19-14-15)16-8-6-4-3-5-7-9-16/h10,12,14,16-18H,2-9,11,13H2,1H3. The van der Waals surface area contributed by atoms with Gasteiger partial charge in [-0.15, -0.1) is 0 Å². The van der Waals surface area contributed by atoms with E-state index in [0.29, 0.717) is 6.04 Å². The van der Waals surface area contributed by atoms with Crippen LogP contribution in [0.15, 0.2) is 23.0 Å². The lowest BCUT2D eigenvalue weighted by atomic mass is 9.83. The molecular weight excluding hydrogens is 234 g/mol. The summed E-state index contributed by atoms with van der Waals surface area (Å²) in [4.78, 5) is 0. The fraction of sp³-hybridized carbons (Fsp3) is 0.765. The molecule has 0 aliphatic heterocycles. The van der Waals surface area contributed by atoms with Crippen molar-refractivity contribution in [3.63, 3.8) is 0 Å². The highest BCUT2D eigenvalue weighted by Gasteiger charge is 2.22. The minimum absolute atomic E-state index is 0.635. The Hall–Kier alpha value is -0.760. The lowest BCUT2D eigenvalue weighted by molar-refractivity contribution is 0.283. The van der Waals surface area contributed by atoms with E-state index in [1.807, 2.05) is 6.26 Å². The Morgan fingerprint density at radius 2 is 1.95 bits per heavy atom. The molecule has 2 heteroatoms. The third-order valence-corrected chi connectivity index (χ3v) is 4.41. The molecule has 0 aromatic carbocycles. The Balaban J connectivity index is 1.93. The van der Waals surface area contributed by atoms with Crippen LogP contribution in [0, 0.1) is 5.92 Å². The number of furan rings is 1. The molecule has 0 amide bonds. The fourth-order valence-corrected chi connectivity index (χ4v) is 3.29. The van der Waals surface area contributed by atoms with Crippen molar-refractivity contribution >= 4 is 0 Å². The summed E-state index contributed by atoms with van der Waals surface area (Å²) in [6, 6.07) is 2.75. The topological polar surface area (TPSA) is 25.2 Å². The fourth-order valence-electron chi connectivity index (χ4n) is 3.29. The zero-order valence-corrected chi connectivity index (χ0v) is 12.4. The first-order chi connectivity index (χ1) is 9.40. The summed E-state index contributed by atoms with van der Waals surface area (Å²) >= 11 is 0. The highest BCUT2D eigenvalue weighted by Crippen LogP contribution is 2.26. The van der Waals surface area contributed by atoms with Crippen LogP contribution in [0.3, 0.4) is 0 Å². The molecule has 0 bridgehead atoms. The van der Waals surface area contributed by atoms with E-state index in [1.54, 1.807) is 6.26 Å². The Morgan fingerprint density at radius 1 is 1.21 bits per heavy atom. The highest BCUT2D eigenvalue weighted by atomic mass is 16.3. The largest absolute Gasteiger partial charge is 0.472 e. The van der Waals surface area contributed by atoms with Crippen LogP contribution in [-0.2, 0) is 6.42 Å². The maximum Gasteiger partial charge on any atom is 0.0935 e. The smallest absolute Gasteiger partial charge is 0.0935 e. The summed E-state index contributed by atoms with van der Waals surface area (Å²) in [6.45, 7) is 3.39. The van der Waals surface area contributed by atoms with Crippen LogP contribution in [0.1, 0.15) is 63.9 Å². The number of hydrogen-bond acceptors (Lipinski definition) is 2. The second-order valence-electron chi connectivity index (χ2n) is 6.00. The van der Waals surface area contributed by atoms with Crippen molar-refractivity contribution in [2.24, 2.45) is 5.92 Å². The van der Waals surface area contributed by atoms with Crippen LogP contribution in [-0.4, -0.2) is 12.6 Å². The average molecular weight is 263 g/mol. The lowest BCUT2D eigenvalue weighted by Crippen LogP contribution is -2.38. The Morgan fingerprint density at radius 3 is 2.58 bits per heavy atom. The highest BCUT2D eigenvalue weighted by molar-refractivity contribution is 5.08. The third kappa shape index (κ3) is 5.02. The van der Waals surface area contributed by atoms with Crippen LogP contribution >= 0.6 is 0 Å². The molecule has 1 unspecified atom stereocenters. The van der Waals surface area contributed by atoms with Gasteiger partial charge >= 0.3 is 0 Å². The first-order valence-corrected chi connectivity index (χ1v) is 8.14. The number of rotatable bonds is 6. The normalized spacial score (nSPS) is 19.8. The molecule has 2 nitrogen and oxygen atoms in total. The van der Waals surface area contributed by atoms with E-state index >= 15 is 0 Å². The lowest BCUT2D eigenvalue weighted by Gasteiger charge is -2.29. The van der Waals surface area contributed by atoms with Crippen molar-refractivity contribution in [1.82, 2.24) is 5.32 Å². The van der Waals surface area contributed by atoms with E-state index in [4.69, 9.17) is 4.42 Å². The van der Waals surface area contributed by atoms with Gasteiger partial charge < -0.3 is 9.73 Å². The Labute approximate surface area is 118 Å². The molecule has 2 rings (SSSR count). The molecule has 1 N–H and O–H groups in total. The van der Waals surface area contributed by atoms with Gasteiger partial charge in [-0.25, -0.2) is 0 Å². The molecule has 1 fully saturated rings. The SMILES string of the molecule is CCCNC(Cc1ccoc1)C1CCCCCCC1. The molecule has 0 saturated heterocycles. The molecule has 1 aromatic heterocycles. The van der Waals surface area contributed by atoms with E-state index in [2.05, 4.69) is 18.3 Å². The molecule has 0 spiro atoms. The molecule has 1 atom stereocenters. The molecule has 1 saturated carbocycles. The quantitative estimate of drug-likeness (QED) is 0.814. The molecule has 108 valence electrons. The molecule has 1 heterocycles. The van der Waals surface area contributed by atoms with Crippen molar-refractivity contribution < 1.29 is 4.42 Å². The van der Waals surface area contributed by atoms with E-state index in [9.17, 15) is 0 Å². The maximum absolute atomic E-state index is 5.22. The summed E-state index contributed by atoms with van der Waals surface area (Å²) in [5.74, 6) is 0.849. The van der Waals surface area contributed by atoms with Gasteiger partial charge in [0.15, 0.2) is 0 Å². The van der Waals surface area contributed by atoms with Gasteiger partial charge in [-0.2, -0.15) is 0 Å². The van der Waals surface area contributed by atoms with E-state index in [1.165, 1.54) is 56.9 Å². The molecule has 1 aliphatic rings. The zero-order chi connectivity index (χ0) is 13.3. The van der Waals surface area contributed by atoms with Gasteiger partial charge in [0.05, 0.1) is 12.5 Å². The number of hydrogen-bond donors (Lipinski definition) is 1. The average Bonchev–Trinajstić information content (AvgIpc) is 2.87. The van der Waals surface area contributed by atoms with Gasteiger partial charge in [0.2, 0.25) is 0 Å². The summed E-state index contributed by atoms with van der Waals surface area (Å²) in [5.41, 5.74) is 1.34. The molecule has 0 radical (unpaired) electrons. The second-order valence-corrected chi connectivity index (χ2v) is 6.00. The van der Waals surface area contributed by atoms with Gasteiger partial charge in [0.25, 0.3) is 0 Å². The van der Waals surface area contributed by atoms with E-state index in [-0.39, 0.29) is 0 Å². The predicted octanol–water partition coefficient (Wildman–Crippen LogP) is 4.55. The molecule has 19 heavy (non-hydrogen) atoms. The Kier molecular flexibility index (Phi) is 6.49. The first kappa shape index (κ1) is 14.6. The first-order valence-electron chi connectivity index (χ1n) is 8.14. The summed E-state index contributed by atoms with van der Waals surface area (Å²) in [5, 5.41) is 3.78. The predicted molar refractivity (Wildman–Crippen MR) is 80.3 cm³/mol. The van der Waals surface area contributed by atoms with Gasteiger partial charge in [-0.05, 0) is 49.8 Å². The summed E-state index contributed by atoms with van der Waals surface area (Å²) < 4.78 is 5.22. The summed E-state index contributed by atoms with van der Waals surface area (Å²) in [6.07, 6.45) is 16.0. The second kappa shape index (κ2) is 8.42. The minimum atomic E-state index is 0.635. The van der Waals surface area contributed by atoms with E-state index in [0.717, 1.165) is 18.9 Å². The van der Waals surface area contributed by atoms with Crippen LogP contribution in [0.25, 0.3) is 0 Å². The van der Waals surface area contributed by atoms with Crippen molar-refractivity contribution in [3.05, 3.63) is 24.2 Å². The summed E-state index contributed by atoms with van der Waals surface area (Å²) in [7, 11) is 0. The minimum Gasteiger partial charge on any atom is -0.472 e. The van der Waals surface area contributed by atoms with Crippen LogP contribution < -0.4 is 5.32 Å². The van der Waals surface area contributed by atoms with Crippen molar-refractivity contribution in [2.45, 2.75) is 70.8 Å². The molecule has 1 aliphatic carbocycles. The van der Waals surface area contributed by atoms with Gasteiger partial charge in [-0.3, -0.25) is 0 Å². The number of nitrogens with one attached hydrogen (secondary N) is 1. The van der Waals surface area contributed by atoms with Gasteiger partial charge in [-0.1, -0.05) is 39.0 Å². The molecule has 1 aromatic rings. The maximum atomic E-state index is 5.22. The van der Waals surface area contributed by atoms with Gasteiger partial charge in [0.1, 0.15) is 0 Å². The van der Waals surface area contributed by atoms with Crippen LogP contribution in [0.5, 0.6) is 0 Å². The molecular formula is C17H29NO. The zero-order valence-electron chi connectivity index (χ0n) is 12.4. The monoisotopic (exact) mass is 263 g/mol. The van der Waals surface area contributed by atoms with Gasteiger partial charge in [0, 0.05) is 6.04 Å². The van der Waals surface area contributed by atoms with Crippen molar-refractivity contribution in [2.75, 3.05) is 6.54 Å². The third-order valence-electron chi connectivity index (χ3n) is 4.41. The van der Waals surface area contributed by atoms with E-state index < -0.39 is 0 Å². The van der Waals surface area contributed by atoms with Crippen molar-refractivity contribution in [3.8, 4) is 0 Å². The van der Waals surface area contributed by atoms with Crippen molar-refractivity contribution in [1.29, 1.82) is 0 Å². The van der Waals surface area contributed by atoms with Crippen LogP contribution in [0.4, 0.5) is 0 Å².